The molecule has 2 rings (SSSR count). The highest BCUT2D eigenvalue weighted by Crippen LogP contribution is 2.23. The SMILES string of the molecule is CC1CC(CC2=CCCC=C2)COC[C@H](N)C(=O)O1.CCCC. The summed E-state index contributed by atoms with van der Waals surface area (Å²) in [5, 5.41) is 0. The molecule has 0 radical (unpaired) electrons. The Hall–Kier alpha value is -1.13. The Kier molecular flexibility index (Phi) is 9.88. The molecule has 2 aliphatic rings. The molecule has 0 spiro atoms. The maximum Gasteiger partial charge on any atom is 0.325 e. The topological polar surface area (TPSA) is 61.5 Å². The number of carbonyl (C=O) groups is 1. The first kappa shape index (κ1) is 19.9. The van der Waals surface area contributed by atoms with Crippen LogP contribution < -0.4 is 5.73 Å². The van der Waals surface area contributed by atoms with Crippen LogP contribution in [-0.4, -0.2) is 31.3 Å². The zero-order valence-electron chi connectivity index (χ0n) is 14.9. The van der Waals surface area contributed by atoms with E-state index in [4.69, 9.17) is 15.2 Å². The van der Waals surface area contributed by atoms with Gasteiger partial charge in [-0.1, -0.05) is 50.5 Å². The van der Waals surface area contributed by atoms with E-state index in [0.29, 0.717) is 12.5 Å². The molecule has 0 bridgehead atoms. The van der Waals surface area contributed by atoms with Crippen molar-refractivity contribution in [2.45, 2.75) is 71.4 Å². The third-order valence-corrected chi connectivity index (χ3v) is 4.03. The van der Waals surface area contributed by atoms with E-state index in [2.05, 4.69) is 32.1 Å². The summed E-state index contributed by atoms with van der Waals surface area (Å²) in [6.07, 6.45) is 13.3. The zero-order chi connectivity index (χ0) is 17.1. The van der Waals surface area contributed by atoms with Crippen LogP contribution in [-0.2, 0) is 14.3 Å². The number of unbranched alkanes of at least 4 members (excludes halogenated alkanes) is 1. The van der Waals surface area contributed by atoms with Crippen molar-refractivity contribution < 1.29 is 14.3 Å². The Balaban J connectivity index is 0.000000593. The van der Waals surface area contributed by atoms with E-state index in [1.807, 2.05) is 6.92 Å². The minimum Gasteiger partial charge on any atom is -0.461 e. The fraction of sp³-hybridized carbons (Fsp3) is 0.737. The van der Waals surface area contributed by atoms with Gasteiger partial charge in [-0.05, 0) is 38.5 Å². The molecule has 2 N–H and O–H groups in total. The lowest BCUT2D eigenvalue weighted by Crippen LogP contribution is -2.37. The summed E-state index contributed by atoms with van der Waals surface area (Å²) >= 11 is 0. The quantitative estimate of drug-likeness (QED) is 0.803. The predicted molar refractivity (Wildman–Crippen MR) is 94.1 cm³/mol. The molecule has 1 saturated heterocycles. The van der Waals surface area contributed by atoms with Gasteiger partial charge in [-0.25, -0.2) is 0 Å². The van der Waals surface area contributed by atoms with Gasteiger partial charge in [0.05, 0.1) is 12.7 Å². The maximum absolute atomic E-state index is 11.6. The molecule has 1 aliphatic heterocycles. The summed E-state index contributed by atoms with van der Waals surface area (Å²) in [4.78, 5) is 11.6. The van der Waals surface area contributed by atoms with Crippen molar-refractivity contribution in [3.8, 4) is 0 Å². The molecular weight excluding hydrogens is 290 g/mol. The summed E-state index contributed by atoms with van der Waals surface area (Å²) in [6, 6.07) is -0.657. The average molecular weight is 323 g/mol. The number of cyclic esters (lactones) is 1. The Bertz CT molecular complexity index is 401. The van der Waals surface area contributed by atoms with Gasteiger partial charge in [-0.3, -0.25) is 4.79 Å². The fourth-order valence-electron chi connectivity index (χ4n) is 2.60. The first-order valence-corrected chi connectivity index (χ1v) is 8.96. The van der Waals surface area contributed by atoms with E-state index in [1.165, 1.54) is 18.4 Å². The van der Waals surface area contributed by atoms with E-state index in [9.17, 15) is 4.79 Å². The second-order valence-corrected chi connectivity index (χ2v) is 6.46. The van der Waals surface area contributed by atoms with Crippen molar-refractivity contribution in [3.63, 3.8) is 0 Å². The summed E-state index contributed by atoms with van der Waals surface area (Å²) in [6.45, 7) is 7.17. The van der Waals surface area contributed by atoms with E-state index >= 15 is 0 Å². The van der Waals surface area contributed by atoms with E-state index < -0.39 is 6.04 Å². The molecule has 0 saturated carbocycles. The molecule has 132 valence electrons. The predicted octanol–water partition coefficient (Wildman–Crippen LogP) is 3.75. The number of ether oxygens (including phenoxy) is 2. The monoisotopic (exact) mass is 323 g/mol. The van der Waals surface area contributed by atoms with E-state index in [-0.39, 0.29) is 18.7 Å². The molecule has 0 amide bonds. The minimum atomic E-state index is -0.657. The maximum atomic E-state index is 11.6. The highest BCUT2D eigenvalue weighted by atomic mass is 16.5. The molecular formula is C19H33NO3. The molecule has 1 fully saturated rings. The first-order valence-electron chi connectivity index (χ1n) is 8.96. The van der Waals surface area contributed by atoms with Crippen molar-refractivity contribution in [2.24, 2.45) is 11.7 Å². The van der Waals surface area contributed by atoms with Crippen molar-refractivity contribution in [3.05, 3.63) is 23.8 Å². The van der Waals surface area contributed by atoms with Crippen LogP contribution in [0.2, 0.25) is 0 Å². The molecule has 0 aromatic heterocycles. The average Bonchev–Trinajstić information content (AvgIpc) is 2.60. The molecule has 4 heteroatoms. The van der Waals surface area contributed by atoms with Gasteiger partial charge in [0.1, 0.15) is 6.04 Å². The molecule has 1 aliphatic carbocycles. The first-order chi connectivity index (χ1) is 11.1. The molecule has 1 heterocycles. The molecule has 23 heavy (non-hydrogen) atoms. The van der Waals surface area contributed by atoms with Gasteiger partial charge in [-0.15, -0.1) is 0 Å². The minimum absolute atomic E-state index is 0.0987. The van der Waals surface area contributed by atoms with Gasteiger partial charge in [0.15, 0.2) is 0 Å². The van der Waals surface area contributed by atoms with Crippen LogP contribution in [0.1, 0.15) is 59.3 Å². The second-order valence-electron chi connectivity index (χ2n) is 6.46. The number of carbonyl (C=O) groups excluding carboxylic acids is 1. The number of hydrogen-bond acceptors (Lipinski definition) is 4. The number of rotatable bonds is 3. The van der Waals surface area contributed by atoms with Gasteiger partial charge in [0.25, 0.3) is 0 Å². The lowest BCUT2D eigenvalue weighted by molar-refractivity contribution is -0.150. The lowest BCUT2D eigenvalue weighted by Gasteiger charge is -2.20. The highest BCUT2D eigenvalue weighted by molar-refractivity contribution is 5.75. The van der Waals surface area contributed by atoms with Crippen LogP contribution in [0.5, 0.6) is 0 Å². The van der Waals surface area contributed by atoms with Crippen LogP contribution in [0.3, 0.4) is 0 Å². The van der Waals surface area contributed by atoms with Gasteiger partial charge in [0.2, 0.25) is 0 Å². The van der Waals surface area contributed by atoms with Crippen molar-refractivity contribution in [1.29, 1.82) is 0 Å². The van der Waals surface area contributed by atoms with Gasteiger partial charge < -0.3 is 15.2 Å². The van der Waals surface area contributed by atoms with Gasteiger partial charge >= 0.3 is 5.97 Å². The number of nitrogens with two attached hydrogens (primary N) is 1. The van der Waals surface area contributed by atoms with Crippen molar-refractivity contribution in [1.82, 2.24) is 0 Å². The summed E-state index contributed by atoms with van der Waals surface area (Å²) in [5.74, 6) is 0.0204. The zero-order valence-corrected chi connectivity index (χ0v) is 14.9. The number of allylic oxidation sites excluding steroid dienone is 4. The molecule has 4 nitrogen and oxygen atoms in total. The normalized spacial score (nSPS) is 28.4. The number of esters is 1. The highest BCUT2D eigenvalue weighted by Gasteiger charge is 2.24. The van der Waals surface area contributed by atoms with Crippen LogP contribution in [0, 0.1) is 5.92 Å². The summed E-state index contributed by atoms with van der Waals surface area (Å²) in [5.41, 5.74) is 7.05. The van der Waals surface area contributed by atoms with E-state index in [0.717, 1.165) is 25.7 Å². The molecule has 0 aromatic rings. The largest absolute Gasteiger partial charge is 0.461 e. The van der Waals surface area contributed by atoms with Gasteiger partial charge in [0, 0.05) is 6.61 Å². The molecule has 2 unspecified atom stereocenters. The third kappa shape index (κ3) is 8.33. The summed E-state index contributed by atoms with van der Waals surface area (Å²) < 4.78 is 10.9. The van der Waals surface area contributed by atoms with E-state index in [1.54, 1.807) is 0 Å². The van der Waals surface area contributed by atoms with Crippen LogP contribution in [0.25, 0.3) is 0 Å². The number of hydrogen-bond donors (Lipinski definition) is 1. The molecule has 0 aromatic carbocycles. The third-order valence-electron chi connectivity index (χ3n) is 4.03. The van der Waals surface area contributed by atoms with Gasteiger partial charge in [-0.2, -0.15) is 0 Å². The second kappa shape index (κ2) is 11.4. The Morgan fingerprint density at radius 1 is 1.22 bits per heavy atom. The van der Waals surface area contributed by atoms with Crippen LogP contribution >= 0.6 is 0 Å². The fourth-order valence-corrected chi connectivity index (χ4v) is 2.60. The van der Waals surface area contributed by atoms with Crippen LogP contribution in [0.15, 0.2) is 23.8 Å². The molecule has 3 atom stereocenters. The van der Waals surface area contributed by atoms with Crippen LogP contribution in [0.4, 0.5) is 0 Å². The standard InChI is InChI=1S/C15H23NO3.C4H10/c1-11-7-13(8-12-5-3-2-4-6-12)9-18-10-14(16)15(17)19-11;1-3-4-2/h3,5-6,11,13-14H,2,4,7-10,16H2,1H3;3-4H2,1-2H3/t11?,13?,14-;/m0./s1. The summed E-state index contributed by atoms with van der Waals surface area (Å²) in [7, 11) is 0. The lowest BCUT2D eigenvalue weighted by atomic mass is 9.92. The smallest absolute Gasteiger partial charge is 0.325 e. The Labute approximate surface area is 141 Å². The van der Waals surface area contributed by atoms with Crippen molar-refractivity contribution >= 4 is 5.97 Å². The Morgan fingerprint density at radius 2 is 1.96 bits per heavy atom. The Morgan fingerprint density at radius 3 is 2.57 bits per heavy atom. The van der Waals surface area contributed by atoms with Crippen molar-refractivity contribution in [2.75, 3.05) is 13.2 Å².